The molecule has 2 N–H and O–H groups in total. The van der Waals surface area contributed by atoms with Crippen molar-refractivity contribution in [1.82, 2.24) is 15.5 Å². The molecule has 0 unspecified atom stereocenters. The van der Waals surface area contributed by atoms with Gasteiger partial charge in [-0.1, -0.05) is 12.8 Å². The Bertz CT molecular complexity index is 389. The topological polar surface area (TPSA) is 74.8 Å². The normalized spacial score (nSPS) is 14.9. The first-order valence-electron chi connectivity index (χ1n) is 5.09. The van der Waals surface area contributed by atoms with Crippen LogP contribution in [0, 0.1) is 5.92 Å². The van der Waals surface area contributed by atoms with Gasteiger partial charge in [-0.05, 0) is 18.4 Å². The number of amides is 1. The van der Waals surface area contributed by atoms with Gasteiger partial charge in [-0.25, -0.2) is 5.10 Å². The number of carbonyl (C=O) groups is 1. The Morgan fingerprint density at radius 1 is 1.53 bits per heavy atom. The summed E-state index contributed by atoms with van der Waals surface area (Å²) in [5.74, 6) is 0.570. The zero-order valence-electron chi connectivity index (χ0n) is 8.32. The van der Waals surface area contributed by atoms with Crippen LogP contribution in [0.3, 0.4) is 0 Å². The second kappa shape index (κ2) is 4.25. The minimum Gasteiger partial charge on any atom is -0.351 e. The third-order valence-corrected chi connectivity index (χ3v) is 2.45. The minimum absolute atomic E-state index is 0.230. The number of hydrogen-bond donors (Lipinski definition) is 2. The van der Waals surface area contributed by atoms with E-state index in [-0.39, 0.29) is 17.2 Å². The van der Waals surface area contributed by atoms with Gasteiger partial charge in [0.2, 0.25) is 0 Å². The van der Waals surface area contributed by atoms with Crippen molar-refractivity contribution in [3.63, 3.8) is 0 Å². The molecule has 1 aromatic heterocycles. The maximum absolute atomic E-state index is 11.5. The molecule has 1 amide bonds. The molecule has 1 aliphatic carbocycles. The van der Waals surface area contributed by atoms with Crippen molar-refractivity contribution in [1.29, 1.82) is 0 Å². The molecule has 0 radical (unpaired) electrons. The van der Waals surface area contributed by atoms with Crippen LogP contribution in [0.5, 0.6) is 0 Å². The molecule has 1 fully saturated rings. The molecule has 5 nitrogen and oxygen atoms in total. The molecular weight excluding hydrogens is 194 g/mol. The lowest BCUT2D eigenvalue weighted by Crippen LogP contribution is -2.26. The number of nitrogens with zero attached hydrogens (tertiary/aromatic N) is 1. The Hall–Kier alpha value is -1.65. The van der Waals surface area contributed by atoms with Gasteiger partial charge in [-0.3, -0.25) is 9.59 Å². The van der Waals surface area contributed by atoms with Crippen LogP contribution < -0.4 is 10.9 Å². The Kier molecular flexibility index (Phi) is 2.80. The quantitative estimate of drug-likeness (QED) is 0.745. The number of nitrogens with one attached hydrogen (secondary N) is 2. The molecular formula is C10H13N3O2. The van der Waals surface area contributed by atoms with E-state index in [9.17, 15) is 9.59 Å². The van der Waals surface area contributed by atoms with Crippen LogP contribution in [-0.4, -0.2) is 22.6 Å². The van der Waals surface area contributed by atoms with Gasteiger partial charge in [0.05, 0.1) is 0 Å². The van der Waals surface area contributed by atoms with Gasteiger partial charge in [0.25, 0.3) is 11.5 Å². The molecule has 1 heterocycles. The molecule has 0 bridgehead atoms. The Morgan fingerprint density at radius 3 is 2.93 bits per heavy atom. The van der Waals surface area contributed by atoms with Crippen LogP contribution in [0.4, 0.5) is 0 Å². The molecule has 15 heavy (non-hydrogen) atoms. The summed E-state index contributed by atoms with van der Waals surface area (Å²) in [5.41, 5.74) is -0.0464. The van der Waals surface area contributed by atoms with Crippen LogP contribution in [0.2, 0.25) is 0 Å². The second-order valence-electron chi connectivity index (χ2n) is 3.79. The van der Waals surface area contributed by atoms with E-state index in [1.807, 2.05) is 0 Å². The number of H-pyrrole nitrogens is 1. The third-order valence-electron chi connectivity index (χ3n) is 2.45. The number of aromatic amines is 1. The molecule has 1 saturated carbocycles. The monoisotopic (exact) mass is 207 g/mol. The first kappa shape index (κ1) is 9.89. The second-order valence-corrected chi connectivity index (χ2v) is 3.79. The fourth-order valence-corrected chi connectivity index (χ4v) is 1.36. The van der Waals surface area contributed by atoms with Gasteiger partial charge in [-0.15, -0.1) is 0 Å². The van der Waals surface area contributed by atoms with Crippen LogP contribution >= 0.6 is 0 Å². The molecule has 0 saturated heterocycles. The Morgan fingerprint density at radius 2 is 2.33 bits per heavy atom. The highest BCUT2D eigenvalue weighted by atomic mass is 16.2. The van der Waals surface area contributed by atoms with Gasteiger partial charge in [0.15, 0.2) is 0 Å². The van der Waals surface area contributed by atoms with Gasteiger partial charge in [-0.2, -0.15) is 5.10 Å². The van der Waals surface area contributed by atoms with E-state index >= 15 is 0 Å². The number of aromatic nitrogens is 2. The summed E-state index contributed by atoms with van der Waals surface area (Å²) >= 11 is 0. The smallest absolute Gasteiger partial charge is 0.271 e. The summed E-state index contributed by atoms with van der Waals surface area (Å²) in [6, 6.07) is 2.72. The van der Waals surface area contributed by atoms with E-state index in [1.54, 1.807) is 0 Å². The number of hydrogen-bond acceptors (Lipinski definition) is 3. The third kappa shape index (κ3) is 2.90. The summed E-state index contributed by atoms with van der Waals surface area (Å²) in [6.45, 7) is 0.685. The number of carbonyl (C=O) groups excluding carboxylic acids is 1. The highest BCUT2D eigenvalue weighted by molar-refractivity contribution is 5.91. The van der Waals surface area contributed by atoms with Crippen molar-refractivity contribution in [3.05, 3.63) is 28.2 Å². The van der Waals surface area contributed by atoms with E-state index in [2.05, 4.69) is 15.5 Å². The van der Waals surface area contributed by atoms with Gasteiger partial charge >= 0.3 is 0 Å². The summed E-state index contributed by atoms with van der Waals surface area (Å²) < 4.78 is 0. The largest absolute Gasteiger partial charge is 0.351 e. The maximum Gasteiger partial charge on any atom is 0.271 e. The predicted molar refractivity (Wildman–Crippen MR) is 54.5 cm³/mol. The first-order chi connectivity index (χ1) is 7.25. The molecule has 1 aromatic rings. The lowest BCUT2D eigenvalue weighted by molar-refractivity contribution is 0.0946. The van der Waals surface area contributed by atoms with E-state index in [1.165, 1.54) is 25.0 Å². The molecule has 0 aliphatic heterocycles. The van der Waals surface area contributed by atoms with E-state index in [0.717, 1.165) is 12.3 Å². The van der Waals surface area contributed by atoms with Crippen molar-refractivity contribution in [3.8, 4) is 0 Å². The molecule has 0 spiro atoms. The zero-order valence-corrected chi connectivity index (χ0v) is 8.32. The lowest BCUT2D eigenvalue weighted by atomic mass is 10.3. The van der Waals surface area contributed by atoms with E-state index < -0.39 is 0 Å². The molecule has 1 aliphatic rings. The van der Waals surface area contributed by atoms with Crippen LogP contribution in [-0.2, 0) is 0 Å². The Balaban J connectivity index is 1.83. The molecule has 2 rings (SSSR count). The summed E-state index contributed by atoms with van der Waals surface area (Å²) in [6.07, 6.45) is 3.61. The van der Waals surface area contributed by atoms with Gasteiger partial charge in [0, 0.05) is 12.6 Å². The highest BCUT2D eigenvalue weighted by Gasteiger charge is 2.20. The first-order valence-corrected chi connectivity index (χ1v) is 5.09. The fraction of sp³-hybridized carbons (Fsp3) is 0.500. The standard InChI is InChI=1S/C10H13N3O2/c14-9-4-3-8(12-13-9)10(15)11-6-5-7-1-2-7/h3-4,7H,1-2,5-6H2,(H,11,15)(H,13,14). The summed E-state index contributed by atoms with van der Waals surface area (Å²) in [5, 5.41) is 8.63. The van der Waals surface area contributed by atoms with Crippen molar-refractivity contribution < 1.29 is 4.79 Å². The van der Waals surface area contributed by atoms with Crippen molar-refractivity contribution >= 4 is 5.91 Å². The van der Waals surface area contributed by atoms with Crippen molar-refractivity contribution in [2.24, 2.45) is 5.92 Å². The average Bonchev–Trinajstić information content (AvgIpc) is 3.02. The molecule has 80 valence electrons. The predicted octanol–water partition coefficient (Wildman–Crippen LogP) is 0.300. The van der Waals surface area contributed by atoms with E-state index in [4.69, 9.17) is 0 Å². The molecule has 0 aromatic carbocycles. The van der Waals surface area contributed by atoms with Crippen LogP contribution in [0.1, 0.15) is 29.8 Å². The Labute approximate surface area is 86.9 Å². The number of rotatable bonds is 4. The van der Waals surface area contributed by atoms with Crippen molar-refractivity contribution in [2.45, 2.75) is 19.3 Å². The maximum atomic E-state index is 11.5. The van der Waals surface area contributed by atoms with E-state index in [0.29, 0.717) is 6.54 Å². The fourth-order valence-electron chi connectivity index (χ4n) is 1.36. The highest BCUT2D eigenvalue weighted by Crippen LogP contribution is 2.31. The van der Waals surface area contributed by atoms with Gasteiger partial charge in [0.1, 0.15) is 5.69 Å². The molecule has 0 atom stereocenters. The summed E-state index contributed by atoms with van der Waals surface area (Å²) in [7, 11) is 0. The minimum atomic E-state index is -0.301. The van der Waals surface area contributed by atoms with Gasteiger partial charge < -0.3 is 5.32 Å². The van der Waals surface area contributed by atoms with Crippen LogP contribution in [0.15, 0.2) is 16.9 Å². The zero-order chi connectivity index (χ0) is 10.7. The molecule has 5 heteroatoms. The van der Waals surface area contributed by atoms with Crippen molar-refractivity contribution in [2.75, 3.05) is 6.54 Å². The van der Waals surface area contributed by atoms with Crippen LogP contribution in [0.25, 0.3) is 0 Å². The summed E-state index contributed by atoms with van der Waals surface area (Å²) in [4.78, 5) is 22.2. The average molecular weight is 207 g/mol. The lowest BCUT2D eigenvalue weighted by Gasteiger charge is -2.02. The SMILES string of the molecule is O=C(NCCC1CC1)c1ccc(=O)[nH]n1.